The lowest BCUT2D eigenvalue weighted by molar-refractivity contribution is 1.44. The molecular formula is C13H10ClIN2. The predicted molar refractivity (Wildman–Crippen MR) is 81.0 cm³/mol. The van der Waals surface area contributed by atoms with Crippen molar-refractivity contribution in [1.82, 2.24) is 0 Å². The molecule has 17 heavy (non-hydrogen) atoms. The van der Waals surface area contributed by atoms with Gasteiger partial charge in [0.15, 0.2) is 0 Å². The maximum atomic E-state index is 6.09. The van der Waals surface area contributed by atoms with Gasteiger partial charge in [0.1, 0.15) is 5.84 Å². The molecule has 2 N–H and O–H groups in total. The summed E-state index contributed by atoms with van der Waals surface area (Å²) in [5, 5.41) is 0.607. The first-order valence-electron chi connectivity index (χ1n) is 5.01. The van der Waals surface area contributed by atoms with Crippen molar-refractivity contribution in [3.05, 3.63) is 62.7 Å². The van der Waals surface area contributed by atoms with Gasteiger partial charge in [-0.2, -0.15) is 0 Å². The van der Waals surface area contributed by atoms with Gasteiger partial charge in [0.2, 0.25) is 0 Å². The van der Waals surface area contributed by atoms with E-state index in [4.69, 9.17) is 17.3 Å². The minimum atomic E-state index is 0.466. The zero-order valence-electron chi connectivity index (χ0n) is 8.90. The maximum Gasteiger partial charge on any atom is 0.131 e. The minimum absolute atomic E-state index is 0.466. The van der Waals surface area contributed by atoms with E-state index >= 15 is 0 Å². The molecule has 0 bridgehead atoms. The molecule has 2 rings (SSSR count). The Kier molecular flexibility index (Phi) is 4.02. The van der Waals surface area contributed by atoms with Crippen molar-refractivity contribution >= 4 is 45.7 Å². The summed E-state index contributed by atoms with van der Waals surface area (Å²) < 4.78 is 1.07. The van der Waals surface area contributed by atoms with Crippen molar-refractivity contribution < 1.29 is 0 Å². The Morgan fingerprint density at radius 1 is 1.12 bits per heavy atom. The summed E-state index contributed by atoms with van der Waals surface area (Å²) in [5.74, 6) is 0.466. The van der Waals surface area contributed by atoms with E-state index < -0.39 is 0 Å². The largest absolute Gasteiger partial charge is 0.383 e. The molecule has 86 valence electrons. The lowest BCUT2D eigenvalue weighted by Gasteiger charge is -2.02. The van der Waals surface area contributed by atoms with Gasteiger partial charge in [-0.15, -0.1) is 0 Å². The lowest BCUT2D eigenvalue weighted by atomic mass is 10.2. The molecule has 0 aliphatic carbocycles. The van der Waals surface area contributed by atoms with Crippen LogP contribution in [0, 0.1) is 3.57 Å². The van der Waals surface area contributed by atoms with Crippen LogP contribution in [0.2, 0.25) is 5.02 Å². The zero-order valence-corrected chi connectivity index (χ0v) is 11.8. The summed E-state index contributed by atoms with van der Waals surface area (Å²) in [6.07, 6.45) is 0. The van der Waals surface area contributed by atoms with Gasteiger partial charge in [-0.3, -0.25) is 0 Å². The van der Waals surface area contributed by atoms with Crippen molar-refractivity contribution in [2.24, 2.45) is 10.7 Å². The zero-order chi connectivity index (χ0) is 12.3. The van der Waals surface area contributed by atoms with Crippen LogP contribution in [0.1, 0.15) is 5.56 Å². The molecule has 0 fully saturated rings. The maximum absolute atomic E-state index is 6.09. The summed E-state index contributed by atoms with van der Waals surface area (Å²) in [5.41, 5.74) is 7.50. The van der Waals surface area contributed by atoms with Crippen molar-refractivity contribution in [2.45, 2.75) is 0 Å². The molecule has 0 heterocycles. The van der Waals surface area contributed by atoms with E-state index in [0.29, 0.717) is 16.5 Å². The fourth-order valence-electron chi connectivity index (χ4n) is 1.38. The molecule has 0 saturated carbocycles. The standard InChI is InChI=1S/C13H10ClIN2/c14-11-8-10(15)6-7-12(11)17-13(16)9-4-2-1-3-5-9/h1-8H,(H2,16,17). The topological polar surface area (TPSA) is 38.4 Å². The van der Waals surface area contributed by atoms with Crippen LogP contribution in [0.4, 0.5) is 5.69 Å². The Morgan fingerprint density at radius 2 is 1.82 bits per heavy atom. The van der Waals surface area contributed by atoms with Gasteiger partial charge in [0, 0.05) is 9.13 Å². The van der Waals surface area contributed by atoms with Crippen LogP contribution in [-0.2, 0) is 0 Å². The van der Waals surface area contributed by atoms with Gasteiger partial charge in [-0.1, -0.05) is 41.9 Å². The number of rotatable bonds is 2. The Balaban J connectivity index is 2.36. The molecule has 4 heteroatoms. The summed E-state index contributed by atoms with van der Waals surface area (Å²) in [7, 11) is 0. The minimum Gasteiger partial charge on any atom is -0.383 e. The molecule has 0 saturated heterocycles. The van der Waals surface area contributed by atoms with Gasteiger partial charge < -0.3 is 5.73 Å². The van der Waals surface area contributed by atoms with E-state index in [-0.39, 0.29) is 0 Å². The quantitative estimate of drug-likeness (QED) is 0.493. The molecule has 0 spiro atoms. The number of hydrogen-bond acceptors (Lipinski definition) is 1. The second-order valence-corrected chi connectivity index (χ2v) is 5.11. The smallest absolute Gasteiger partial charge is 0.131 e. The van der Waals surface area contributed by atoms with Gasteiger partial charge in [0.25, 0.3) is 0 Å². The molecule has 0 aromatic heterocycles. The van der Waals surface area contributed by atoms with Gasteiger partial charge >= 0.3 is 0 Å². The van der Waals surface area contributed by atoms with Crippen LogP contribution in [0.5, 0.6) is 0 Å². The third kappa shape index (κ3) is 3.20. The number of benzene rings is 2. The predicted octanol–water partition coefficient (Wildman–Crippen LogP) is 3.98. The molecule has 0 atom stereocenters. The summed E-state index contributed by atoms with van der Waals surface area (Å²) in [6.45, 7) is 0. The monoisotopic (exact) mass is 356 g/mol. The Hall–Kier alpha value is -1.07. The second kappa shape index (κ2) is 5.51. The Labute approximate surface area is 119 Å². The first kappa shape index (κ1) is 12.4. The molecule has 2 aromatic carbocycles. The Morgan fingerprint density at radius 3 is 2.47 bits per heavy atom. The van der Waals surface area contributed by atoms with E-state index in [1.807, 2.05) is 48.5 Å². The molecule has 2 aromatic rings. The summed E-state index contributed by atoms with van der Waals surface area (Å²) in [4.78, 5) is 4.33. The van der Waals surface area contributed by atoms with Crippen molar-refractivity contribution in [2.75, 3.05) is 0 Å². The molecule has 2 nitrogen and oxygen atoms in total. The first-order valence-corrected chi connectivity index (χ1v) is 6.47. The van der Waals surface area contributed by atoms with E-state index in [1.165, 1.54) is 0 Å². The molecule has 0 aliphatic rings. The second-order valence-electron chi connectivity index (χ2n) is 3.46. The van der Waals surface area contributed by atoms with Gasteiger partial charge in [0.05, 0.1) is 10.7 Å². The highest BCUT2D eigenvalue weighted by Crippen LogP contribution is 2.26. The molecule has 0 aliphatic heterocycles. The van der Waals surface area contributed by atoms with Crippen LogP contribution in [0.15, 0.2) is 53.5 Å². The van der Waals surface area contributed by atoms with Gasteiger partial charge in [-0.25, -0.2) is 4.99 Å². The van der Waals surface area contributed by atoms with E-state index in [2.05, 4.69) is 27.6 Å². The first-order chi connectivity index (χ1) is 8.16. The van der Waals surface area contributed by atoms with Crippen molar-refractivity contribution in [3.8, 4) is 0 Å². The normalized spacial score (nSPS) is 11.5. The highest BCUT2D eigenvalue weighted by molar-refractivity contribution is 14.1. The van der Waals surface area contributed by atoms with E-state index in [0.717, 1.165) is 9.13 Å². The number of amidine groups is 1. The highest BCUT2D eigenvalue weighted by Gasteiger charge is 2.02. The average Bonchev–Trinajstić information content (AvgIpc) is 2.34. The number of halogens is 2. The van der Waals surface area contributed by atoms with Crippen LogP contribution in [-0.4, -0.2) is 5.84 Å². The third-order valence-electron chi connectivity index (χ3n) is 2.22. The molecule has 0 radical (unpaired) electrons. The lowest BCUT2D eigenvalue weighted by Crippen LogP contribution is -2.12. The molecular weight excluding hydrogens is 347 g/mol. The van der Waals surface area contributed by atoms with Crippen LogP contribution in [0.3, 0.4) is 0 Å². The fraction of sp³-hybridized carbons (Fsp3) is 0. The molecule has 0 amide bonds. The third-order valence-corrected chi connectivity index (χ3v) is 3.19. The van der Waals surface area contributed by atoms with Gasteiger partial charge in [-0.05, 0) is 40.8 Å². The van der Waals surface area contributed by atoms with Crippen LogP contribution < -0.4 is 5.73 Å². The van der Waals surface area contributed by atoms with Crippen molar-refractivity contribution in [1.29, 1.82) is 0 Å². The Bertz CT molecular complexity index is 553. The summed E-state index contributed by atoms with van der Waals surface area (Å²) in [6, 6.07) is 15.3. The molecule has 0 unspecified atom stereocenters. The number of aliphatic imine (C=N–C) groups is 1. The number of nitrogens with zero attached hydrogens (tertiary/aromatic N) is 1. The average molecular weight is 357 g/mol. The van der Waals surface area contributed by atoms with Crippen LogP contribution in [0.25, 0.3) is 0 Å². The number of hydrogen-bond donors (Lipinski definition) is 1. The van der Waals surface area contributed by atoms with E-state index in [9.17, 15) is 0 Å². The fourth-order valence-corrected chi connectivity index (χ4v) is 2.27. The highest BCUT2D eigenvalue weighted by atomic mass is 127. The summed E-state index contributed by atoms with van der Waals surface area (Å²) >= 11 is 8.30. The SMILES string of the molecule is NC(=Nc1ccc(I)cc1Cl)c1ccccc1. The van der Waals surface area contributed by atoms with Crippen LogP contribution >= 0.6 is 34.2 Å². The van der Waals surface area contributed by atoms with Crippen molar-refractivity contribution in [3.63, 3.8) is 0 Å². The number of nitrogens with two attached hydrogens (primary N) is 1. The van der Waals surface area contributed by atoms with E-state index in [1.54, 1.807) is 0 Å².